The molecule has 1 aromatic heterocycles. The van der Waals surface area contributed by atoms with E-state index < -0.39 is 0 Å². The van der Waals surface area contributed by atoms with Crippen molar-refractivity contribution < 1.29 is 4.79 Å². The van der Waals surface area contributed by atoms with Gasteiger partial charge in [-0.25, -0.2) is 9.97 Å². The van der Waals surface area contributed by atoms with E-state index in [1.54, 1.807) is 17.3 Å². The zero-order valence-corrected chi connectivity index (χ0v) is 13.6. The third-order valence-corrected chi connectivity index (χ3v) is 4.55. The first-order valence-corrected chi connectivity index (χ1v) is 8.09. The summed E-state index contributed by atoms with van der Waals surface area (Å²) in [4.78, 5) is 27.2. The molecule has 0 saturated carbocycles. The molecule has 3 heterocycles. The molecule has 122 valence electrons. The fraction of sp³-hybridized carbons (Fsp3) is 0.278. The summed E-state index contributed by atoms with van der Waals surface area (Å²) in [6.45, 7) is 3.39. The highest BCUT2D eigenvalue weighted by molar-refractivity contribution is 6.32. The van der Waals surface area contributed by atoms with Crippen molar-refractivity contribution in [2.45, 2.75) is 0 Å². The fourth-order valence-electron chi connectivity index (χ4n) is 3.21. The number of piperazine rings is 1. The summed E-state index contributed by atoms with van der Waals surface area (Å²) in [6.07, 6.45) is 5.54. The third-order valence-electron chi connectivity index (χ3n) is 4.55. The maximum absolute atomic E-state index is 12.5. The molecule has 1 aromatic carbocycles. The van der Waals surface area contributed by atoms with Gasteiger partial charge in [-0.2, -0.15) is 0 Å². The van der Waals surface area contributed by atoms with Gasteiger partial charge < -0.3 is 14.7 Å². The monoisotopic (exact) mass is 321 g/mol. The van der Waals surface area contributed by atoms with Crippen LogP contribution in [0.1, 0.15) is 5.56 Å². The van der Waals surface area contributed by atoms with Gasteiger partial charge in [-0.3, -0.25) is 4.79 Å². The Kier molecular flexibility index (Phi) is 3.65. The van der Waals surface area contributed by atoms with Crippen LogP contribution in [0.5, 0.6) is 0 Å². The summed E-state index contributed by atoms with van der Waals surface area (Å²) in [5.74, 6) is 0.830. The van der Waals surface area contributed by atoms with Crippen molar-refractivity contribution in [2.24, 2.45) is 0 Å². The van der Waals surface area contributed by atoms with E-state index in [-0.39, 0.29) is 5.91 Å². The summed E-state index contributed by atoms with van der Waals surface area (Å²) in [5.41, 5.74) is 2.77. The first kappa shape index (κ1) is 14.7. The largest absolute Gasteiger partial charge is 0.373 e. The summed E-state index contributed by atoms with van der Waals surface area (Å²) < 4.78 is 0. The number of hydrogen-bond donors (Lipinski definition) is 0. The zero-order valence-electron chi connectivity index (χ0n) is 13.6. The number of anilines is 2. The van der Waals surface area contributed by atoms with Crippen LogP contribution in [0.3, 0.4) is 0 Å². The SMILES string of the molecule is CN1C(=O)/C(=C\N2CCN(c3ncccn3)CC2)c2ccccc21. The number of carbonyl (C=O) groups is 1. The Labute approximate surface area is 141 Å². The lowest BCUT2D eigenvalue weighted by atomic mass is 10.1. The number of hydrogen-bond acceptors (Lipinski definition) is 5. The minimum Gasteiger partial charge on any atom is -0.373 e. The first-order chi connectivity index (χ1) is 11.7. The van der Waals surface area contributed by atoms with Crippen LogP contribution < -0.4 is 9.80 Å². The number of fused-ring (bicyclic) bond motifs is 1. The number of carbonyl (C=O) groups excluding carboxylic acids is 1. The van der Waals surface area contributed by atoms with E-state index in [9.17, 15) is 4.79 Å². The van der Waals surface area contributed by atoms with Crippen molar-refractivity contribution >= 4 is 23.1 Å². The molecule has 0 radical (unpaired) electrons. The lowest BCUT2D eigenvalue weighted by Gasteiger charge is -2.34. The number of likely N-dealkylation sites (N-methyl/N-ethyl adjacent to an activating group) is 1. The van der Waals surface area contributed by atoms with Crippen molar-refractivity contribution in [1.82, 2.24) is 14.9 Å². The lowest BCUT2D eigenvalue weighted by Crippen LogP contribution is -2.45. The van der Waals surface area contributed by atoms with Gasteiger partial charge in [0, 0.05) is 57.4 Å². The van der Waals surface area contributed by atoms with Gasteiger partial charge in [0.1, 0.15) is 0 Å². The highest BCUT2D eigenvalue weighted by Gasteiger charge is 2.30. The highest BCUT2D eigenvalue weighted by atomic mass is 16.2. The summed E-state index contributed by atoms with van der Waals surface area (Å²) in [7, 11) is 1.83. The molecule has 0 aliphatic carbocycles. The molecule has 0 atom stereocenters. The van der Waals surface area contributed by atoms with Gasteiger partial charge in [0.25, 0.3) is 5.91 Å². The van der Waals surface area contributed by atoms with Crippen LogP contribution in [0, 0.1) is 0 Å². The number of nitrogens with zero attached hydrogens (tertiary/aromatic N) is 5. The average molecular weight is 321 g/mol. The van der Waals surface area contributed by atoms with E-state index in [4.69, 9.17) is 0 Å². The van der Waals surface area contributed by atoms with Crippen molar-refractivity contribution in [3.63, 3.8) is 0 Å². The predicted octanol–water partition coefficient (Wildman–Crippen LogP) is 1.62. The molecular weight excluding hydrogens is 302 g/mol. The molecule has 0 spiro atoms. The van der Waals surface area contributed by atoms with Crippen molar-refractivity contribution in [1.29, 1.82) is 0 Å². The lowest BCUT2D eigenvalue weighted by molar-refractivity contribution is -0.112. The molecule has 2 aliphatic rings. The molecule has 24 heavy (non-hydrogen) atoms. The Morgan fingerprint density at radius 1 is 1.00 bits per heavy atom. The number of aromatic nitrogens is 2. The standard InChI is InChI=1S/C18H19N5O/c1-21-16-6-3-2-5-14(16)15(17(21)24)13-22-9-11-23(12-10-22)18-19-7-4-8-20-18/h2-8,13H,9-12H2,1H3/b15-13-. The van der Waals surface area contributed by atoms with Crippen molar-refractivity contribution in [3.05, 3.63) is 54.5 Å². The Balaban J connectivity index is 1.51. The van der Waals surface area contributed by atoms with Gasteiger partial charge in [0.2, 0.25) is 5.95 Å². The van der Waals surface area contributed by atoms with Crippen LogP contribution in [0.4, 0.5) is 11.6 Å². The topological polar surface area (TPSA) is 52.6 Å². The third kappa shape index (κ3) is 2.50. The number of para-hydroxylation sites is 1. The van der Waals surface area contributed by atoms with Crippen LogP contribution in [-0.4, -0.2) is 54.0 Å². The van der Waals surface area contributed by atoms with E-state index in [2.05, 4.69) is 19.8 Å². The van der Waals surface area contributed by atoms with Gasteiger partial charge in [0.05, 0.1) is 11.3 Å². The van der Waals surface area contributed by atoms with Crippen molar-refractivity contribution in [3.8, 4) is 0 Å². The minimum atomic E-state index is 0.0602. The van der Waals surface area contributed by atoms with Crippen LogP contribution in [0.15, 0.2) is 48.9 Å². The molecule has 0 bridgehead atoms. The average Bonchev–Trinajstić information content (AvgIpc) is 2.88. The van der Waals surface area contributed by atoms with E-state index in [0.717, 1.165) is 49.0 Å². The quantitative estimate of drug-likeness (QED) is 0.787. The molecule has 2 aliphatic heterocycles. The molecule has 2 aromatic rings. The van der Waals surface area contributed by atoms with Crippen LogP contribution in [0.2, 0.25) is 0 Å². The molecule has 4 rings (SSSR count). The minimum absolute atomic E-state index is 0.0602. The Bertz CT molecular complexity index is 781. The van der Waals surface area contributed by atoms with Crippen molar-refractivity contribution in [2.75, 3.05) is 43.0 Å². The van der Waals surface area contributed by atoms with Gasteiger partial charge >= 0.3 is 0 Å². The van der Waals surface area contributed by atoms with Gasteiger partial charge in [-0.05, 0) is 12.1 Å². The fourth-order valence-corrected chi connectivity index (χ4v) is 3.21. The molecular formula is C18H19N5O. The maximum Gasteiger partial charge on any atom is 0.260 e. The number of benzene rings is 1. The molecule has 1 amide bonds. The van der Waals surface area contributed by atoms with E-state index in [1.165, 1.54) is 0 Å². The summed E-state index contributed by atoms with van der Waals surface area (Å²) in [6, 6.07) is 9.76. The Morgan fingerprint density at radius 3 is 2.46 bits per heavy atom. The summed E-state index contributed by atoms with van der Waals surface area (Å²) >= 11 is 0. The molecule has 6 nitrogen and oxygen atoms in total. The predicted molar refractivity (Wildman–Crippen MR) is 93.6 cm³/mol. The Hall–Kier alpha value is -2.89. The molecule has 1 fully saturated rings. The first-order valence-electron chi connectivity index (χ1n) is 8.09. The second-order valence-electron chi connectivity index (χ2n) is 6.00. The second kappa shape index (κ2) is 5.96. The Morgan fingerprint density at radius 2 is 1.71 bits per heavy atom. The molecule has 1 saturated heterocycles. The van der Waals surface area contributed by atoms with E-state index in [1.807, 2.05) is 43.6 Å². The summed E-state index contributed by atoms with van der Waals surface area (Å²) in [5, 5.41) is 0. The number of amides is 1. The van der Waals surface area contributed by atoms with E-state index >= 15 is 0 Å². The highest BCUT2D eigenvalue weighted by Crippen LogP contribution is 2.35. The second-order valence-corrected chi connectivity index (χ2v) is 6.00. The zero-order chi connectivity index (χ0) is 16.5. The molecule has 0 N–H and O–H groups in total. The number of rotatable bonds is 2. The van der Waals surface area contributed by atoms with Gasteiger partial charge in [-0.15, -0.1) is 0 Å². The van der Waals surface area contributed by atoms with Gasteiger partial charge in [0.15, 0.2) is 0 Å². The normalized spacial score (nSPS) is 19.1. The molecule has 6 heteroatoms. The molecule has 0 unspecified atom stereocenters. The van der Waals surface area contributed by atoms with Crippen LogP contribution in [0.25, 0.3) is 5.57 Å². The van der Waals surface area contributed by atoms with Gasteiger partial charge in [-0.1, -0.05) is 18.2 Å². The smallest absolute Gasteiger partial charge is 0.260 e. The van der Waals surface area contributed by atoms with Crippen LogP contribution in [-0.2, 0) is 4.79 Å². The van der Waals surface area contributed by atoms with E-state index in [0.29, 0.717) is 0 Å². The van der Waals surface area contributed by atoms with Crippen LogP contribution >= 0.6 is 0 Å². The maximum atomic E-state index is 12.5.